The number of amides is 2. The van der Waals surface area contributed by atoms with Crippen molar-refractivity contribution in [2.75, 3.05) is 44.8 Å². The van der Waals surface area contributed by atoms with Crippen molar-refractivity contribution in [3.8, 4) is 0 Å². The molecule has 0 aliphatic carbocycles. The SMILES string of the molecule is COCC1(CNC(=O)c2ccc(N3CCCC3=O)cc2)CCNCC1.Cl. The van der Waals surface area contributed by atoms with Crippen LogP contribution in [0.4, 0.5) is 5.69 Å². The Balaban J connectivity index is 0.00000243. The van der Waals surface area contributed by atoms with Crippen molar-refractivity contribution in [2.24, 2.45) is 5.41 Å². The predicted octanol–water partition coefficient (Wildman–Crippen LogP) is 1.98. The number of carbonyl (C=O) groups is 2. The Morgan fingerprint density at radius 1 is 1.27 bits per heavy atom. The molecule has 0 aromatic heterocycles. The van der Waals surface area contributed by atoms with Crippen LogP contribution in [0.15, 0.2) is 24.3 Å². The first-order valence-corrected chi connectivity index (χ1v) is 9.02. The summed E-state index contributed by atoms with van der Waals surface area (Å²) in [6, 6.07) is 7.30. The van der Waals surface area contributed by atoms with Crippen LogP contribution in [-0.4, -0.2) is 51.7 Å². The number of halogens is 1. The summed E-state index contributed by atoms with van der Waals surface area (Å²) in [5.41, 5.74) is 1.50. The Hall–Kier alpha value is -1.63. The number of nitrogens with zero attached hydrogens (tertiary/aromatic N) is 1. The molecule has 0 atom stereocenters. The number of carbonyl (C=O) groups excluding carboxylic acids is 2. The van der Waals surface area contributed by atoms with Crippen LogP contribution in [0, 0.1) is 5.41 Å². The topological polar surface area (TPSA) is 70.7 Å². The monoisotopic (exact) mass is 381 g/mol. The summed E-state index contributed by atoms with van der Waals surface area (Å²) in [6.07, 6.45) is 3.50. The van der Waals surface area contributed by atoms with Gasteiger partial charge in [0.1, 0.15) is 0 Å². The summed E-state index contributed by atoms with van der Waals surface area (Å²) in [5, 5.41) is 6.42. The van der Waals surface area contributed by atoms with Crippen LogP contribution in [0.3, 0.4) is 0 Å². The Morgan fingerprint density at radius 2 is 1.96 bits per heavy atom. The molecule has 2 aliphatic rings. The van der Waals surface area contributed by atoms with Gasteiger partial charge in [0.15, 0.2) is 0 Å². The van der Waals surface area contributed by atoms with E-state index in [4.69, 9.17) is 4.74 Å². The van der Waals surface area contributed by atoms with Crippen molar-refractivity contribution in [1.29, 1.82) is 0 Å². The fourth-order valence-electron chi connectivity index (χ4n) is 3.72. The predicted molar refractivity (Wildman–Crippen MR) is 104 cm³/mol. The second-order valence-electron chi connectivity index (χ2n) is 7.06. The normalized spacial score (nSPS) is 19.1. The van der Waals surface area contributed by atoms with Crippen molar-refractivity contribution >= 4 is 29.9 Å². The Morgan fingerprint density at radius 3 is 2.54 bits per heavy atom. The second kappa shape index (κ2) is 9.35. The molecule has 0 bridgehead atoms. The van der Waals surface area contributed by atoms with Gasteiger partial charge in [-0.25, -0.2) is 0 Å². The van der Waals surface area contributed by atoms with Gasteiger partial charge < -0.3 is 20.3 Å². The minimum atomic E-state index is -0.0756. The second-order valence-corrected chi connectivity index (χ2v) is 7.06. The smallest absolute Gasteiger partial charge is 0.251 e. The molecule has 2 N–H and O–H groups in total. The Kier molecular flexibility index (Phi) is 7.43. The summed E-state index contributed by atoms with van der Waals surface area (Å²) in [6.45, 7) is 3.95. The third kappa shape index (κ3) is 4.75. The van der Waals surface area contributed by atoms with Gasteiger partial charge >= 0.3 is 0 Å². The molecule has 2 heterocycles. The number of rotatable bonds is 6. The van der Waals surface area contributed by atoms with Gasteiger partial charge in [-0.1, -0.05) is 0 Å². The fraction of sp³-hybridized carbons (Fsp3) is 0.579. The van der Waals surface area contributed by atoms with E-state index in [9.17, 15) is 9.59 Å². The van der Waals surface area contributed by atoms with Gasteiger partial charge in [0.05, 0.1) is 6.61 Å². The van der Waals surface area contributed by atoms with Crippen LogP contribution in [0.2, 0.25) is 0 Å². The van der Waals surface area contributed by atoms with Gasteiger partial charge in [-0.2, -0.15) is 0 Å². The molecule has 2 amide bonds. The largest absolute Gasteiger partial charge is 0.384 e. The van der Waals surface area contributed by atoms with Crippen LogP contribution < -0.4 is 15.5 Å². The van der Waals surface area contributed by atoms with E-state index >= 15 is 0 Å². The lowest BCUT2D eigenvalue weighted by atomic mass is 9.79. The molecule has 6 nitrogen and oxygen atoms in total. The maximum atomic E-state index is 12.5. The Bertz CT molecular complexity index is 609. The fourth-order valence-corrected chi connectivity index (χ4v) is 3.72. The number of hydrogen-bond donors (Lipinski definition) is 2. The van der Waals surface area contributed by atoms with Gasteiger partial charge in [0, 0.05) is 43.3 Å². The molecule has 1 aromatic rings. The average Bonchev–Trinajstić information content (AvgIpc) is 3.07. The zero-order valence-corrected chi connectivity index (χ0v) is 16.1. The van der Waals surface area contributed by atoms with E-state index in [2.05, 4.69) is 10.6 Å². The minimum absolute atomic E-state index is 0. The van der Waals surface area contributed by atoms with E-state index in [1.54, 1.807) is 24.1 Å². The lowest BCUT2D eigenvalue weighted by Gasteiger charge is -2.37. The van der Waals surface area contributed by atoms with Gasteiger partial charge in [-0.05, 0) is 56.6 Å². The molecule has 7 heteroatoms. The summed E-state index contributed by atoms with van der Waals surface area (Å²) in [7, 11) is 1.71. The van der Waals surface area contributed by atoms with E-state index in [1.807, 2.05) is 12.1 Å². The van der Waals surface area contributed by atoms with Crippen molar-refractivity contribution in [2.45, 2.75) is 25.7 Å². The first-order valence-electron chi connectivity index (χ1n) is 9.02. The lowest BCUT2D eigenvalue weighted by Crippen LogP contribution is -2.47. The lowest BCUT2D eigenvalue weighted by molar-refractivity contribution is -0.117. The van der Waals surface area contributed by atoms with Crippen LogP contribution >= 0.6 is 12.4 Å². The highest BCUT2D eigenvalue weighted by Gasteiger charge is 2.32. The minimum Gasteiger partial charge on any atom is -0.384 e. The maximum Gasteiger partial charge on any atom is 0.251 e. The Labute approximate surface area is 161 Å². The molecule has 0 spiro atoms. The summed E-state index contributed by atoms with van der Waals surface area (Å²) in [4.78, 5) is 26.1. The maximum absolute atomic E-state index is 12.5. The molecule has 144 valence electrons. The summed E-state index contributed by atoms with van der Waals surface area (Å²) >= 11 is 0. The average molecular weight is 382 g/mol. The molecule has 2 aliphatic heterocycles. The molecular formula is C19H28ClN3O3. The van der Waals surface area contributed by atoms with E-state index in [0.717, 1.165) is 44.6 Å². The molecular weight excluding hydrogens is 354 g/mol. The molecule has 3 rings (SSSR count). The summed E-state index contributed by atoms with van der Waals surface area (Å²) in [5.74, 6) is 0.0814. The number of hydrogen-bond acceptors (Lipinski definition) is 4. The highest BCUT2D eigenvalue weighted by Crippen LogP contribution is 2.28. The van der Waals surface area contributed by atoms with Crippen LogP contribution in [0.5, 0.6) is 0 Å². The van der Waals surface area contributed by atoms with Gasteiger partial charge in [-0.15, -0.1) is 12.4 Å². The highest BCUT2D eigenvalue weighted by atomic mass is 35.5. The van der Waals surface area contributed by atoms with Gasteiger partial charge in [0.2, 0.25) is 5.91 Å². The van der Waals surface area contributed by atoms with Crippen LogP contribution in [0.1, 0.15) is 36.0 Å². The van der Waals surface area contributed by atoms with Crippen molar-refractivity contribution in [3.05, 3.63) is 29.8 Å². The first kappa shape index (κ1) is 20.7. The van der Waals surface area contributed by atoms with Crippen molar-refractivity contribution in [1.82, 2.24) is 10.6 Å². The molecule has 0 radical (unpaired) electrons. The molecule has 0 unspecified atom stereocenters. The molecule has 0 saturated carbocycles. The van der Waals surface area contributed by atoms with Crippen molar-refractivity contribution < 1.29 is 14.3 Å². The number of benzene rings is 1. The van der Waals surface area contributed by atoms with E-state index in [0.29, 0.717) is 25.1 Å². The van der Waals surface area contributed by atoms with Gasteiger partial charge in [-0.3, -0.25) is 9.59 Å². The van der Waals surface area contributed by atoms with Crippen LogP contribution in [0.25, 0.3) is 0 Å². The zero-order valence-electron chi connectivity index (χ0n) is 15.3. The van der Waals surface area contributed by atoms with Crippen LogP contribution in [-0.2, 0) is 9.53 Å². The number of piperidine rings is 1. The molecule has 26 heavy (non-hydrogen) atoms. The number of methoxy groups -OCH3 is 1. The standard InChI is InChI=1S/C19H27N3O3.ClH/c1-25-14-19(8-10-20-11-9-19)13-21-18(24)15-4-6-16(7-5-15)22-12-2-3-17(22)23;/h4-7,20H,2-3,8-14H2,1H3,(H,21,24);1H. The van der Waals surface area contributed by atoms with Gasteiger partial charge in [0.25, 0.3) is 5.91 Å². The first-order chi connectivity index (χ1) is 12.1. The molecule has 2 fully saturated rings. The van der Waals surface area contributed by atoms with Crippen molar-refractivity contribution in [3.63, 3.8) is 0 Å². The zero-order chi connectivity index (χ0) is 17.7. The number of ether oxygens (including phenoxy) is 1. The molecule has 2 saturated heterocycles. The van der Waals surface area contributed by atoms with E-state index in [-0.39, 0.29) is 29.6 Å². The third-order valence-corrected chi connectivity index (χ3v) is 5.25. The number of nitrogens with one attached hydrogen (secondary N) is 2. The highest BCUT2D eigenvalue weighted by molar-refractivity contribution is 5.97. The quantitative estimate of drug-likeness (QED) is 0.790. The third-order valence-electron chi connectivity index (χ3n) is 5.25. The summed E-state index contributed by atoms with van der Waals surface area (Å²) < 4.78 is 5.39. The number of anilines is 1. The van der Waals surface area contributed by atoms with E-state index < -0.39 is 0 Å². The van der Waals surface area contributed by atoms with E-state index in [1.165, 1.54) is 0 Å². The molecule has 1 aromatic carbocycles.